The van der Waals surface area contributed by atoms with Crippen LogP contribution in [0.25, 0.3) is 6.08 Å². The van der Waals surface area contributed by atoms with E-state index in [4.69, 9.17) is 4.74 Å². The third kappa shape index (κ3) is 6.98. The Bertz CT molecular complexity index is 826. The van der Waals surface area contributed by atoms with E-state index in [0.717, 1.165) is 32.0 Å². The van der Waals surface area contributed by atoms with E-state index in [1.54, 1.807) is 36.5 Å². The molecule has 1 unspecified atom stereocenters. The number of carbonyl (C=O) groups excluding carboxylic acids is 1. The zero-order valence-corrected chi connectivity index (χ0v) is 16.8. The van der Waals surface area contributed by atoms with E-state index in [-0.39, 0.29) is 11.7 Å². The molecular weight excluding hydrogens is 369 g/mol. The van der Waals surface area contributed by atoms with Crippen LogP contribution in [0.2, 0.25) is 0 Å². The van der Waals surface area contributed by atoms with Gasteiger partial charge in [-0.2, -0.15) is 0 Å². The summed E-state index contributed by atoms with van der Waals surface area (Å²) in [5.74, 6) is 0.683. The average molecular weight is 397 g/mol. The molecule has 0 aliphatic carbocycles. The monoisotopic (exact) mass is 397 g/mol. The fourth-order valence-corrected chi connectivity index (χ4v) is 3.47. The molecule has 2 aromatic rings. The number of ether oxygens (including phenoxy) is 1. The van der Waals surface area contributed by atoms with Crippen LogP contribution in [0.4, 0.5) is 4.39 Å². The summed E-state index contributed by atoms with van der Waals surface area (Å²) in [4.78, 5) is 18.4. The van der Waals surface area contributed by atoms with Gasteiger partial charge in [-0.3, -0.25) is 9.78 Å². The summed E-state index contributed by atoms with van der Waals surface area (Å²) >= 11 is 0. The van der Waals surface area contributed by atoms with E-state index in [9.17, 15) is 9.18 Å². The van der Waals surface area contributed by atoms with Gasteiger partial charge < -0.3 is 15.0 Å². The summed E-state index contributed by atoms with van der Waals surface area (Å²) < 4.78 is 19.7. The Labute approximate surface area is 171 Å². The van der Waals surface area contributed by atoms with Crippen LogP contribution in [-0.4, -0.2) is 42.0 Å². The lowest BCUT2D eigenvalue weighted by Crippen LogP contribution is -2.36. The first kappa shape index (κ1) is 21.0. The summed E-state index contributed by atoms with van der Waals surface area (Å²) in [6.07, 6.45) is 9.67. The van der Waals surface area contributed by atoms with Gasteiger partial charge in [-0.1, -0.05) is 13.0 Å². The van der Waals surface area contributed by atoms with Gasteiger partial charge in [-0.15, -0.1) is 0 Å². The molecule has 1 fully saturated rings. The number of carbonyl (C=O) groups is 1. The van der Waals surface area contributed by atoms with E-state index < -0.39 is 5.82 Å². The predicted octanol–water partition coefficient (Wildman–Crippen LogP) is 4.26. The number of amides is 1. The molecule has 154 valence electrons. The van der Waals surface area contributed by atoms with Gasteiger partial charge in [0.25, 0.3) is 0 Å². The molecule has 2 heterocycles. The number of piperidine rings is 1. The molecule has 0 saturated carbocycles. The molecule has 29 heavy (non-hydrogen) atoms. The summed E-state index contributed by atoms with van der Waals surface area (Å²) in [6, 6.07) is 8.01. The minimum absolute atomic E-state index is 0.117. The lowest BCUT2D eigenvalue weighted by Gasteiger charge is -2.30. The highest BCUT2D eigenvalue weighted by molar-refractivity contribution is 5.91. The van der Waals surface area contributed by atoms with Crippen LogP contribution < -0.4 is 10.1 Å². The number of hydrogen-bond donors (Lipinski definition) is 1. The maximum atomic E-state index is 14.2. The molecule has 0 bridgehead atoms. The van der Waals surface area contributed by atoms with Crippen LogP contribution in [0, 0.1) is 11.7 Å². The zero-order chi connectivity index (χ0) is 20.5. The molecule has 1 atom stereocenters. The minimum atomic E-state index is -0.493. The average Bonchev–Trinajstić information content (AvgIpc) is 2.72. The Kier molecular flexibility index (Phi) is 7.76. The Morgan fingerprint density at radius 3 is 3.07 bits per heavy atom. The largest absolute Gasteiger partial charge is 0.453 e. The molecule has 1 aliphatic heterocycles. The first-order chi connectivity index (χ1) is 14.1. The van der Waals surface area contributed by atoms with Gasteiger partial charge >= 0.3 is 0 Å². The van der Waals surface area contributed by atoms with Crippen LogP contribution in [-0.2, 0) is 4.79 Å². The van der Waals surface area contributed by atoms with Gasteiger partial charge in [0.2, 0.25) is 5.91 Å². The second kappa shape index (κ2) is 10.7. The number of likely N-dealkylation sites (tertiary alicyclic amines) is 1. The third-order valence-electron chi connectivity index (χ3n) is 4.94. The van der Waals surface area contributed by atoms with Crippen LogP contribution in [0.15, 0.2) is 48.8 Å². The van der Waals surface area contributed by atoms with Crippen molar-refractivity contribution in [1.29, 1.82) is 0 Å². The van der Waals surface area contributed by atoms with E-state index >= 15 is 0 Å². The SMILES string of the molecule is CC1CCCN(CCCNC(=O)/C=C/c2ccc(Oc3cccnc3)c(F)c2)C1. The molecule has 0 radical (unpaired) electrons. The van der Waals surface area contributed by atoms with Crippen molar-refractivity contribution in [2.45, 2.75) is 26.2 Å². The highest BCUT2D eigenvalue weighted by atomic mass is 19.1. The van der Waals surface area contributed by atoms with Crippen LogP contribution >= 0.6 is 0 Å². The van der Waals surface area contributed by atoms with Crippen LogP contribution in [0.3, 0.4) is 0 Å². The van der Waals surface area contributed by atoms with Crippen molar-refractivity contribution < 1.29 is 13.9 Å². The van der Waals surface area contributed by atoms with Gasteiger partial charge in [0.1, 0.15) is 5.75 Å². The number of aromatic nitrogens is 1. The Morgan fingerprint density at radius 1 is 1.41 bits per heavy atom. The number of nitrogens with zero attached hydrogens (tertiary/aromatic N) is 2. The van der Waals surface area contributed by atoms with Crippen molar-refractivity contribution in [2.75, 3.05) is 26.2 Å². The maximum absolute atomic E-state index is 14.2. The molecule has 6 heteroatoms. The second-order valence-electron chi connectivity index (χ2n) is 7.51. The van der Waals surface area contributed by atoms with E-state index in [1.165, 1.54) is 31.2 Å². The van der Waals surface area contributed by atoms with Gasteiger partial charge in [0.05, 0.1) is 6.20 Å². The van der Waals surface area contributed by atoms with Gasteiger partial charge in [-0.25, -0.2) is 4.39 Å². The number of pyridine rings is 1. The molecule has 1 saturated heterocycles. The number of rotatable bonds is 8. The van der Waals surface area contributed by atoms with Gasteiger partial charge in [-0.05, 0) is 74.2 Å². The molecule has 3 rings (SSSR count). The van der Waals surface area contributed by atoms with Crippen LogP contribution in [0.1, 0.15) is 31.7 Å². The first-order valence-electron chi connectivity index (χ1n) is 10.2. The molecule has 1 amide bonds. The Morgan fingerprint density at radius 2 is 2.31 bits per heavy atom. The minimum Gasteiger partial charge on any atom is -0.453 e. The van der Waals surface area contributed by atoms with E-state index in [0.29, 0.717) is 17.9 Å². The van der Waals surface area contributed by atoms with Gasteiger partial charge in [0.15, 0.2) is 11.6 Å². The first-order valence-corrected chi connectivity index (χ1v) is 10.2. The maximum Gasteiger partial charge on any atom is 0.243 e. The molecule has 1 aliphatic rings. The number of halogens is 1. The smallest absolute Gasteiger partial charge is 0.243 e. The highest BCUT2D eigenvalue weighted by Gasteiger charge is 2.15. The van der Waals surface area contributed by atoms with Crippen molar-refractivity contribution >= 4 is 12.0 Å². The predicted molar refractivity (Wildman–Crippen MR) is 112 cm³/mol. The van der Waals surface area contributed by atoms with Crippen molar-refractivity contribution in [3.05, 3.63) is 60.2 Å². The zero-order valence-electron chi connectivity index (χ0n) is 16.8. The molecule has 1 aromatic carbocycles. The van der Waals surface area contributed by atoms with Crippen molar-refractivity contribution in [3.63, 3.8) is 0 Å². The van der Waals surface area contributed by atoms with Crippen molar-refractivity contribution in [1.82, 2.24) is 15.2 Å². The van der Waals surface area contributed by atoms with E-state index in [1.807, 2.05) is 0 Å². The number of nitrogens with one attached hydrogen (secondary N) is 1. The fraction of sp³-hybridized carbons (Fsp3) is 0.391. The lowest BCUT2D eigenvalue weighted by molar-refractivity contribution is -0.116. The topological polar surface area (TPSA) is 54.5 Å². The standard InChI is InChI=1S/C23H28FN3O2/c1-18-5-3-13-27(17-18)14-4-12-26-23(28)10-8-19-7-9-22(21(24)15-19)29-20-6-2-11-25-16-20/h2,6-11,15-16,18H,3-5,12-14,17H2,1H3,(H,26,28)/b10-8+. The lowest BCUT2D eigenvalue weighted by atomic mass is 10.0. The second-order valence-corrected chi connectivity index (χ2v) is 7.51. The fourth-order valence-electron chi connectivity index (χ4n) is 3.47. The number of hydrogen-bond acceptors (Lipinski definition) is 4. The normalized spacial score (nSPS) is 17.4. The van der Waals surface area contributed by atoms with Crippen LogP contribution in [0.5, 0.6) is 11.5 Å². The van der Waals surface area contributed by atoms with Gasteiger partial charge in [0, 0.05) is 25.4 Å². The molecule has 1 N–H and O–H groups in total. The summed E-state index contributed by atoms with van der Waals surface area (Å²) in [6.45, 7) is 6.25. The Hall–Kier alpha value is -2.73. The quantitative estimate of drug-likeness (QED) is 0.534. The highest BCUT2D eigenvalue weighted by Crippen LogP contribution is 2.24. The third-order valence-corrected chi connectivity index (χ3v) is 4.94. The Balaban J connectivity index is 1.42. The molecule has 0 spiro atoms. The van der Waals surface area contributed by atoms with Crippen molar-refractivity contribution in [3.8, 4) is 11.5 Å². The molecule has 5 nitrogen and oxygen atoms in total. The summed E-state index contributed by atoms with van der Waals surface area (Å²) in [5.41, 5.74) is 0.596. The van der Waals surface area contributed by atoms with E-state index in [2.05, 4.69) is 22.1 Å². The molecular formula is C23H28FN3O2. The summed E-state index contributed by atoms with van der Waals surface area (Å²) in [7, 11) is 0. The molecule has 1 aromatic heterocycles. The number of benzene rings is 1. The summed E-state index contributed by atoms with van der Waals surface area (Å²) in [5, 5.41) is 2.88. The van der Waals surface area contributed by atoms with Crippen molar-refractivity contribution in [2.24, 2.45) is 5.92 Å².